The molecule has 4 nitrogen and oxygen atoms in total. The highest BCUT2D eigenvalue weighted by Gasteiger charge is 2.25. The van der Waals surface area contributed by atoms with E-state index in [1.54, 1.807) is 18.2 Å². The highest BCUT2D eigenvalue weighted by molar-refractivity contribution is 5.91. The third kappa shape index (κ3) is 3.51. The Bertz CT molecular complexity index is 722. The number of fused-ring (bicyclic) bond motifs is 1. The predicted molar refractivity (Wildman–Crippen MR) is 90.3 cm³/mol. The second kappa shape index (κ2) is 7.18. The fourth-order valence-electron chi connectivity index (χ4n) is 3.22. The molecule has 0 saturated carbocycles. The van der Waals surface area contributed by atoms with Gasteiger partial charge >= 0.3 is 0 Å². The number of nitrogens with one attached hydrogen (secondary N) is 1. The average molecular weight is 330 g/mol. The van der Waals surface area contributed by atoms with Crippen molar-refractivity contribution in [2.24, 2.45) is 0 Å². The van der Waals surface area contributed by atoms with Gasteiger partial charge in [0.05, 0.1) is 12.6 Å². The second-order valence-corrected chi connectivity index (χ2v) is 6.14. The number of nitrogens with zero attached hydrogens (tertiary/aromatic N) is 1. The fourth-order valence-corrected chi connectivity index (χ4v) is 3.22. The quantitative estimate of drug-likeness (QED) is 0.879. The molecular weight excluding hydrogens is 307 g/mol. The first-order valence-electron chi connectivity index (χ1n) is 8.51. The number of carbonyl (C=O) groups is 1. The number of carbonyl (C=O) groups excluding carboxylic acids is 1. The average Bonchev–Trinajstić information content (AvgIpc) is 3.19. The summed E-state index contributed by atoms with van der Waals surface area (Å²) in [6, 6.07) is 8.25. The van der Waals surface area contributed by atoms with Crippen molar-refractivity contribution in [2.75, 3.05) is 13.1 Å². The Balaban J connectivity index is 1.65. The van der Waals surface area contributed by atoms with E-state index in [-0.39, 0.29) is 17.8 Å². The third-order valence-electron chi connectivity index (χ3n) is 4.65. The lowest BCUT2D eigenvalue weighted by Gasteiger charge is -2.16. The second-order valence-electron chi connectivity index (χ2n) is 6.14. The predicted octanol–water partition coefficient (Wildman–Crippen LogP) is 3.68. The Hall–Kier alpha value is -2.14. The van der Waals surface area contributed by atoms with Crippen LogP contribution in [-0.2, 0) is 13.0 Å². The summed E-state index contributed by atoms with van der Waals surface area (Å²) in [5, 5.41) is 3.00. The number of amides is 1. The van der Waals surface area contributed by atoms with Gasteiger partial charge in [0.15, 0.2) is 5.76 Å². The summed E-state index contributed by atoms with van der Waals surface area (Å²) in [5.41, 5.74) is 1.97. The summed E-state index contributed by atoms with van der Waals surface area (Å²) >= 11 is 0. The summed E-state index contributed by atoms with van der Waals surface area (Å²) in [7, 11) is 0. The van der Waals surface area contributed by atoms with E-state index in [9.17, 15) is 9.18 Å². The molecule has 3 rings (SSSR count). The monoisotopic (exact) mass is 330 g/mol. The Kier molecular flexibility index (Phi) is 5.00. The van der Waals surface area contributed by atoms with E-state index in [1.165, 1.54) is 6.07 Å². The molecule has 0 radical (unpaired) electrons. The first-order chi connectivity index (χ1) is 11.6. The van der Waals surface area contributed by atoms with Crippen LogP contribution in [0.25, 0.3) is 0 Å². The van der Waals surface area contributed by atoms with Crippen LogP contribution in [0.5, 0.6) is 0 Å². The lowest BCUT2D eigenvalue weighted by Crippen LogP contribution is -2.26. The van der Waals surface area contributed by atoms with Gasteiger partial charge in [-0.05, 0) is 61.3 Å². The lowest BCUT2D eigenvalue weighted by molar-refractivity contribution is 0.0905. The molecule has 0 saturated heterocycles. The minimum absolute atomic E-state index is 0.0792. The summed E-state index contributed by atoms with van der Waals surface area (Å²) in [5.74, 6) is 0.668. The molecular formula is C19H23FN2O2. The smallest absolute Gasteiger partial charge is 0.287 e. The van der Waals surface area contributed by atoms with Crippen molar-refractivity contribution < 1.29 is 13.6 Å². The lowest BCUT2D eigenvalue weighted by atomic mass is 10.1. The minimum atomic E-state index is -0.229. The van der Waals surface area contributed by atoms with E-state index in [0.29, 0.717) is 12.3 Å². The van der Waals surface area contributed by atoms with E-state index in [1.807, 2.05) is 6.07 Å². The van der Waals surface area contributed by atoms with E-state index in [0.717, 1.165) is 42.8 Å². The van der Waals surface area contributed by atoms with Crippen molar-refractivity contribution in [3.05, 3.63) is 58.8 Å². The standard InChI is InChI=1S/C19H23FN2O2/c1-3-22(4-2)12-15-7-10-18(24-15)19(23)21-17-9-5-13-11-14(20)6-8-16(13)17/h6-8,10-11,17H,3-5,9,12H2,1-2H3,(H,21,23). The Labute approximate surface area is 141 Å². The Morgan fingerprint density at radius 3 is 2.83 bits per heavy atom. The van der Waals surface area contributed by atoms with Crippen LogP contribution in [0.15, 0.2) is 34.7 Å². The van der Waals surface area contributed by atoms with Crippen LogP contribution in [0.1, 0.15) is 53.8 Å². The van der Waals surface area contributed by atoms with Crippen LogP contribution in [0.4, 0.5) is 4.39 Å². The highest BCUT2D eigenvalue weighted by atomic mass is 19.1. The van der Waals surface area contributed by atoms with Crippen LogP contribution in [0.3, 0.4) is 0 Å². The molecule has 1 atom stereocenters. The molecule has 1 N–H and O–H groups in total. The van der Waals surface area contributed by atoms with Crippen molar-refractivity contribution in [3.8, 4) is 0 Å². The van der Waals surface area contributed by atoms with Crippen LogP contribution in [0.2, 0.25) is 0 Å². The molecule has 1 amide bonds. The van der Waals surface area contributed by atoms with Gasteiger partial charge in [-0.2, -0.15) is 0 Å². The van der Waals surface area contributed by atoms with Gasteiger partial charge in [0.1, 0.15) is 11.6 Å². The molecule has 1 aromatic heterocycles. The van der Waals surface area contributed by atoms with Gasteiger partial charge in [0.2, 0.25) is 0 Å². The molecule has 1 aliphatic carbocycles. The van der Waals surface area contributed by atoms with Gasteiger partial charge in [-0.25, -0.2) is 4.39 Å². The van der Waals surface area contributed by atoms with Crippen LogP contribution < -0.4 is 5.32 Å². The molecule has 0 aliphatic heterocycles. The van der Waals surface area contributed by atoms with Gasteiger partial charge in [-0.15, -0.1) is 0 Å². The van der Waals surface area contributed by atoms with Gasteiger partial charge < -0.3 is 9.73 Å². The highest BCUT2D eigenvalue weighted by Crippen LogP contribution is 2.31. The SMILES string of the molecule is CCN(CC)Cc1ccc(C(=O)NC2CCc3cc(F)ccc32)o1. The Morgan fingerprint density at radius 1 is 1.29 bits per heavy atom. The van der Waals surface area contributed by atoms with Crippen molar-refractivity contribution in [3.63, 3.8) is 0 Å². The minimum Gasteiger partial charge on any atom is -0.455 e. The maximum atomic E-state index is 13.3. The number of halogens is 1. The normalized spacial score (nSPS) is 16.4. The maximum absolute atomic E-state index is 13.3. The number of hydrogen-bond donors (Lipinski definition) is 1. The molecule has 1 aromatic carbocycles. The molecule has 0 fully saturated rings. The van der Waals surface area contributed by atoms with Crippen LogP contribution >= 0.6 is 0 Å². The molecule has 24 heavy (non-hydrogen) atoms. The number of benzene rings is 1. The van der Waals surface area contributed by atoms with Crippen molar-refractivity contribution in [2.45, 2.75) is 39.3 Å². The summed E-state index contributed by atoms with van der Waals surface area (Å²) < 4.78 is 19.0. The fraction of sp³-hybridized carbons (Fsp3) is 0.421. The van der Waals surface area contributed by atoms with Crippen LogP contribution in [-0.4, -0.2) is 23.9 Å². The van der Waals surface area contributed by atoms with E-state index < -0.39 is 0 Å². The van der Waals surface area contributed by atoms with E-state index >= 15 is 0 Å². The zero-order valence-electron chi connectivity index (χ0n) is 14.1. The zero-order chi connectivity index (χ0) is 17.1. The topological polar surface area (TPSA) is 45.5 Å². The number of rotatable bonds is 6. The summed E-state index contributed by atoms with van der Waals surface area (Å²) in [6.07, 6.45) is 1.57. The third-order valence-corrected chi connectivity index (χ3v) is 4.65. The van der Waals surface area contributed by atoms with Crippen molar-refractivity contribution in [1.82, 2.24) is 10.2 Å². The van der Waals surface area contributed by atoms with Crippen molar-refractivity contribution in [1.29, 1.82) is 0 Å². The van der Waals surface area contributed by atoms with Gasteiger partial charge in [0.25, 0.3) is 5.91 Å². The molecule has 1 unspecified atom stereocenters. The van der Waals surface area contributed by atoms with Gasteiger partial charge in [-0.3, -0.25) is 9.69 Å². The van der Waals surface area contributed by atoms with Crippen molar-refractivity contribution >= 4 is 5.91 Å². The largest absolute Gasteiger partial charge is 0.455 e. The van der Waals surface area contributed by atoms with Crippen LogP contribution in [0, 0.1) is 5.82 Å². The molecule has 0 spiro atoms. The van der Waals surface area contributed by atoms with E-state index in [2.05, 4.69) is 24.1 Å². The molecule has 128 valence electrons. The Morgan fingerprint density at radius 2 is 2.08 bits per heavy atom. The first kappa shape index (κ1) is 16.7. The summed E-state index contributed by atoms with van der Waals surface area (Å²) in [6.45, 7) is 6.77. The summed E-state index contributed by atoms with van der Waals surface area (Å²) in [4.78, 5) is 14.6. The molecule has 2 aromatic rings. The number of aryl methyl sites for hydroxylation is 1. The van der Waals surface area contributed by atoms with Gasteiger partial charge in [0, 0.05) is 0 Å². The van der Waals surface area contributed by atoms with Gasteiger partial charge in [-0.1, -0.05) is 19.9 Å². The zero-order valence-corrected chi connectivity index (χ0v) is 14.1. The first-order valence-corrected chi connectivity index (χ1v) is 8.51. The molecule has 0 bridgehead atoms. The molecule has 1 heterocycles. The number of furan rings is 1. The number of hydrogen-bond acceptors (Lipinski definition) is 3. The molecule has 5 heteroatoms. The maximum Gasteiger partial charge on any atom is 0.287 e. The molecule has 1 aliphatic rings. The van der Waals surface area contributed by atoms with E-state index in [4.69, 9.17) is 4.42 Å².